The third kappa shape index (κ3) is 4.77. The molecule has 0 atom stereocenters. The lowest BCUT2D eigenvalue weighted by atomic mass is 10.1. The number of rotatable bonds is 6. The second-order valence-corrected chi connectivity index (χ2v) is 5.22. The predicted octanol–water partition coefficient (Wildman–Crippen LogP) is 3.08. The predicted molar refractivity (Wildman–Crippen MR) is 87.9 cm³/mol. The smallest absolute Gasteiger partial charge is 0.224 e. The summed E-state index contributed by atoms with van der Waals surface area (Å²) >= 11 is 0. The molecule has 5 heteroatoms. The maximum absolute atomic E-state index is 11.8. The molecular weight excluding hydrogens is 278 g/mol. The molecule has 0 saturated carbocycles. The minimum atomic E-state index is -0.0599. The molecular formula is C17H21N3O2. The van der Waals surface area contributed by atoms with Gasteiger partial charge in [-0.25, -0.2) is 4.98 Å². The first-order chi connectivity index (χ1) is 10.5. The van der Waals surface area contributed by atoms with Crippen LogP contribution in [0, 0.1) is 13.8 Å². The van der Waals surface area contributed by atoms with Gasteiger partial charge in [-0.1, -0.05) is 6.07 Å². The molecule has 3 N–H and O–H groups in total. The number of aromatic nitrogens is 1. The molecule has 1 aromatic carbocycles. The van der Waals surface area contributed by atoms with Gasteiger partial charge in [0.1, 0.15) is 11.6 Å². The van der Waals surface area contributed by atoms with Crippen molar-refractivity contribution in [2.75, 3.05) is 17.7 Å². The van der Waals surface area contributed by atoms with Gasteiger partial charge >= 0.3 is 0 Å². The molecule has 0 fully saturated rings. The van der Waals surface area contributed by atoms with Crippen molar-refractivity contribution < 1.29 is 9.53 Å². The molecule has 2 rings (SSSR count). The third-order valence-electron chi connectivity index (χ3n) is 3.37. The summed E-state index contributed by atoms with van der Waals surface area (Å²) < 4.78 is 5.65. The Bertz CT molecular complexity index is 639. The van der Waals surface area contributed by atoms with Crippen molar-refractivity contribution in [3.8, 4) is 5.75 Å². The molecule has 0 radical (unpaired) electrons. The molecule has 5 nitrogen and oxygen atoms in total. The van der Waals surface area contributed by atoms with Gasteiger partial charge in [0.05, 0.1) is 18.5 Å². The summed E-state index contributed by atoms with van der Waals surface area (Å²) in [7, 11) is 0. The fraction of sp³-hybridized carbons (Fsp3) is 0.294. The first kappa shape index (κ1) is 15.8. The van der Waals surface area contributed by atoms with Crippen LogP contribution >= 0.6 is 0 Å². The molecule has 0 aliphatic rings. The van der Waals surface area contributed by atoms with Crippen LogP contribution in [0.3, 0.4) is 0 Å². The highest BCUT2D eigenvalue weighted by Gasteiger charge is 2.03. The minimum absolute atomic E-state index is 0.0599. The highest BCUT2D eigenvalue weighted by atomic mass is 16.5. The number of nitrogen functional groups attached to an aromatic ring is 1. The molecule has 1 amide bonds. The maximum atomic E-state index is 11.8. The van der Waals surface area contributed by atoms with Gasteiger partial charge in [-0.2, -0.15) is 0 Å². The number of nitrogens with two attached hydrogens (primary N) is 1. The number of benzene rings is 1. The Hall–Kier alpha value is -2.56. The molecule has 116 valence electrons. The van der Waals surface area contributed by atoms with Gasteiger partial charge in [0, 0.05) is 6.42 Å². The number of hydrogen-bond acceptors (Lipinski definition) is 4. The Labute approximate surface area is 130 Å². The van der Waals surface area contributed by atoms with Crippen molar-refractivity contribution in [2.24, 2.45) is 0 Å². The Morgan fingerprint density at radius 3 is 2.73 bits per heavy atom. The molecule has 1 heterocycles. The fourth-order valence-corrected chi connectivity index (χ4v) is 1.93. The summed E-state index contributed by atoms with van der Waals surface area (Å²) in [6.45, 7) is 4.63. The molecule has 0 saturated heterocycles. The van der Waals surface area contributed by atoms with E-state index >= 15 is 0 Å². The van der Waals surface area contributed by atoms with Crippen molar-refractivity contribution in [2.45, 2.75) is 26.7 Å². The van der Waals surface area contributed by atoms with E-state index in [0.717, 1.165) is 5.75 Å². The standard InChI is InChI=1S/C17H21N3O2/c1-12-5-7-15(10-13(12)2)22-9-3-4-17(21)20-14-6-8-16(18)19-11-14/h5-8,10-11H,3-4,9H2,1-2H3,(H2,18,19)(H,20,21). The van der Waals surface area contributed by atoms with E-state index in [4.69, 9.17) is 10.5 Å². The Balaban J connectivity index is 1.70. The van der Waals surface area contributed by atoms with Gasteiger partial charge < -0.3 is 15.8 Å². The van der Waals surface area contributed by atoms with E-state index in [1.54, 1.807) is 18.3 Å². The Morgan fingerprint density at radius 2 is 2.05 bits per heavy atom. The van der Waals surface area contributed by atoms with E-state index in [2.05, 4.69) is 24.1 Å². The highest BCUT2D eigenvalue weighted by molar-refractivity contribution is 5.90. The van der Waals surface area contributed by atoms with Gasteiger partial charge in [-0.05, 0) is 55.7 Å². The van der Waals surface area contributed by atoms with Crippen LogP contribution in [0.25, 0.3) is 0 Å². The Morgan fingerprint density at radius 1 is 1.23 bits per heavy atom. The number of anilines is 2. The number of carbonyl (C=O) groups excluding carboxylic acids is 1. The molecule has 1 aromatic heterocycles. The number of nitrogens with one attached hydrogen (secondary N) is 1. The van der Waals surface area contributed by atoms with Crippen LogP contribution < -0.4 is 15.8 Å². The largest absolute Gasteiger partial charge is 0.494 e. The minimum Gasteiger partial charge on any atom is -0.494 e. The number of amides is 1. The molecule has 0 spiro atoms. The van der Waals surface area contributed by atoms with Gasteiger partial charge in [0.2, 0.25) is 5.91 Å². The van der Waals surface area contributed by atoms with Gasteiger partial charge in [-0.15, -0.1) is 0 Å². The summed E-state index contributed by atoms with van der Waals surface area (Å²) in [5.41, 5.74) is 8.58. The molecule has 0 bridgehead atoms. The summed E-state index contributed by atoms with van der Waals surface area (Å²) in [4.78, 5) is 15.7. The van der Waals surface area contributed by atoms with Crippen LogP contribution in [0.1, 0.15) is 24.0 Å². The average Bonchev–Trinajstić information content (AvgIpc) is 2.49. The fourth-order valence-electron chi connectivity index (χ4n) is 1.93. The molecule has 22 heavy (non-hydrogen) atoms. The summed E-state index contributed by atoms with van der Waals surface area (Å²) in [6.07, 6.45) is 2.59. The monoisotopic (exact) mass is 299 g/mol. The number of pyridine rings is 1. The van der Waals surface area contributed by atoms with Crippen molar-refractivity contribution >= 4 is 17.4 Å². The van der Waals surface area contributed by atoms with Crippen molar-refractivity contribution in [1.29, 1.82) is 0 Å². The van der Waals surface area contributed by atoms with Crippen LogP contribution in [-0.4, -0.2) is 17.5 Å². The summed E-state index contributed by atoms with van der Waals surface area (Å²) in [6, 6.07) is 9.37. The van der Waals surface area contributed by atoms with Gasteiger partial charge in [0.15, 0.2) is 0 Å². The molecule has 0 unspecified atom stereocenters. The van der Waals surface area contributed by atoms with Gasteiger partial charge in [-0.3, -0.25) is 4.79 Å². The zero-order valence-electron chi connectivity index (χ0n) is 12.9. The summed E-state index contributed by atoms with van der Waals surface area (Å²) in [5, 5.41) is 2.77. The average molecular weight is 299 g/mol. The van der Waals surface area contributed by atoms with Crippen LogP contribution in [0.15, 0.2) is 36.5 Å². The second-order valence-electron chi connectivity index (χ2n) is 5.22. The van der Waals surface area contributed by atoms with Crippen molar-refractivity contribution in [3.63, 3.8) is 0 Å². The first-order valence-electron chi connectivity index (χ1n) is 7.26. The van der Waals surface area contributed by atoms with Crippen LogP contribution in [0.2, 0.25) is 0 Å². The van der Waals surface area contributed by atoms with Gasteiger partial charge in [0.25, 0.3) is 0 Å². The molecule has 0 aliphatic carbocycles. The van der Waals surface area contributed by atoms with E-state index < -0.39 is 0 Å². The van der Waals surface area contributed by atoms with Crippen molar-refractivity contribution in [1.82, 2.24) is 4.98 Å². The van der Waals surface area contributed by atoms with E-state index in [1.165, 1.54) is 11.1 Å². The lowest BCUT2D eigenvalue weighted by Crippen LogP contribution is -2.13. The first-order valence-corrected chi connectivity index (χ1v) is 7.26. The summed E-state index contributed by atoms with van der Waals surface area (Å²) in [5.74, 6) is 1.21. The zero-order chi connectivity index (χ0) is 15.9. The lowest BCUT2D eigenvalue weighted by Gasteiger charge is -2.08. The number of hydrogen-bond donors (Lipinski definition) is 2. The number of aryl methyl sites for hydroxylation is 2. The zero-order valence-corrected chi connectivity index (χ0v) is 12.9. The molecule has 2 aromatic rings. The lowest BCUT2D eigenvalue weighted by molar-refractivity contribution is -0.116. The topological polar surface area (TPSA) is 77.2 Å². The third-order valence-corrected chi connectivity index (χ3v) is 3.37. The van der Waals surface area contributed by atoms with E-state index in [-0.39, 0.29) is 5.91 Å². The van der Waals surface area contributed by atoms with E-state index in [9.17, 15) is 4.79 Å². The quantitative estimate of drug-likeness (QED) is 0.804. The van der Waals surface area contributed by atoms with Crippen LogP contribution in [0.4, 0.5) is 11.5 Å². The Kier molecular flexibility index (Phi) is 5.36. The van der Waals surface area contributed by atoms with Crippen molar-refractivity contribution in [3.05, 3.63) is 47.7 Å². The maximum Gasteiger partial charge on any atom is 0.224 e. The normalized spacial score (nSPS) is 10.3. The van der Waals surface area contributed by atoms with E-state index in [1.807, 2.05) is 18.2 Å². The van der Waals surface area contributed by atoms with Crippen LogP contribution in [0.5, 0.6) is 5.75 Å². The van der Waals surface area contributed by atoms with E-state index in [0.29, 0.717) is 31.0 Å². The highest BCUT2D eigenvalue weighted by Crippen LogP contribution is 2.16. The molecule has 0 aliphatic heterocycles. The number of ether oxygens (including phenoxy) is 1. The number of nitrogens with zero attached hydrogens (tertiary/aromatic N) is 1. The number of carbonyl (C=O) groups is 1. The second kappa shape index (κ2) is 7.45. The van der Waals surface area contributed by atoms with Crippen LogP contribution in [-0.2, 0) is 4.79 Å². The SMILES string of the molecule is Cc1ccc(OCCCC(=O)Nc2ccc(N)nc2)cc1C.